The largest absolute Gasteiger partial charge is 0.314 e. The molecule has 1 heterocycles. The van der Waals surface area contributed by atoms with E-state index in [2.05, 4.69) is 26.1 Å². The number of halogens is 3. The molecule has 0 aromatic heterocycles. The summed E-state index contributed by atoms with van der Waals surface area (Å²) in [5.74, 6) is 0.560. The molecule has 5 heteroatoms. The van der Waals surface area contributed by atoms with Crippen LogP contribution in [-0.4, -0.2) is 31.1 Å². The van der Waals surface area contributed by atoms with Crippen LogP contribution in [0.1, 0.15) is 37.3 Å². The maximum Gasteiger partial charge on any atom is 0.137 e. The van der Waals surface area contributed by atoms with Gasteiger partial charge in [-0.3, -0.25) is 4.90 Å². The van der Waals surface area contributed by atoms with E-state index in [1.54, 1.807) is 6.07 Å². The first-order valence-corrected chi connectivity index (χ1v) is 8.45. The second kappa shape index (κ2) is 7.91. The lowest BCUT2D eigenvalue weighted by Crippen LogP contribution is -2.46. The minimum Gasteiger partial charge on any atom is -0.314 e. The predicted molar refractivity (Wildman–Crippen MR) is 90.5 cm³/mol. The van der Waals surface area contributed by atoms with Crippen LogP contribution >= 0.6 is 28.3 Å². The van der Waals surface area contributed by atoms with E-state index in [9.17, 15) is 4.39 Å². The fourth-order valence-corrected chi connectivity index (χ4v) is 4.11. The molecular weight excluding hydrogens is 355 g/mol. The minimum absolute atomic E-state index is 0. The van der Waals surface area contributed by atoms with Crippen molar-refractivity contribution in [3.8, 4) is 0 Å². The van der Waals surface area contributed by atoms with Crippen LogP contribution in [0.2, 0.25) is 0 Å². The molecule has 2 aliphatic rings. The van der Waals surface area contributed by atoms with Gasteiger partial charge in [0, 0.05) is 32.2 Å². The molecule has 1 aromatic rings. The van der Waals surface area contributed by atoms with Crippen molar-refractivity contribution in [1.82, 2.24) is 10.2 Å². The van der Waals surface area contributed by atoms with Gasteiger partial charge in [-0.1, -0.05) is 18.9 Å². The van der Waals surface area contributed by atoms with Gasteiger partial charge in [0.05, 0.1) is 4.47 Å². The van der Waals surface area contributed by atoms with Crippen molar-refractivity contribution in [3.63, 3.8) is 0 Å². The van der Waals surface area contributed by atoms with E-state index in [-0.39, 0.29) is 18.2 Å². The molecule has 0 amide bonds. The fourth-order valence-electron chi connectivity index (χ4n) is 3.71. The molecule has 118 valence electrons. The summed E-state index contributed by atoms with van der Waals surface area (Å²) in [7, 11) is 0. The standard InChI is InChI=1S/C16H22BrFN2.ClH/c17-14-11-13(5-6-15(14)18)16(12-3-1-2-4-12)20-9-7-19-8-10-20;/h5-6,11-12,16,19H,1-4,7-10H2;1H/t16-;/m0./s1. The molecule has 1 aliphatic carbocycles. The van der Waals surface area contributed by atoms with Gasteiger partial charge in [-0.25, -0.2) is 4.39 Å². The number of nitrogens with zero attached hydrogens (tertiary/aromatic N) is 1. The summed E-state index contributed by atoms with van der Waals surface area (Å²) in [6.45, 7) is 4.31. The average Bonchev–Trinajstić information content (AvgIpc) is 2.98. The Hall–Kier alpha value is -0.160. The summed E-state index contributed by atoms with van der Waals surface area (Å²) >= 11 is 3.34. The molecule has 2 nitrogen and oxygen atoms in total. The van der Waals surface area contributed by atoms with Crippen LogP contribution in [0.3, 0.4) is 0 Å². The first-order valence-electron chi connectivity index (χ1n) is 7.65. The summed E-state index contributed by atoms with van der Waals surface area (Å²) in [6, 6.07) is 6.02. The number of hydrogen-bond acceptors (Lipinski definition) is 2. The second-order valence-corrected chi connectivity index (χ2v) is 6.80. The van der Waals surface area contributed by atoms with Gasteiger partial charge in [0.1, 0.15) is 5.82 Å². The quantitative estimate of drug-likeness (QED) is 0.851. The maximum atomic E-state index is 13.5. The third kappa shape index (κ3) is 3.98. The zero-order valence-corrected chi connectivity index (χ0v) is 14.6. The van der Waals surface area contributed by atoms with Gasteiger partial charge in [-0.2, -0.15) is 0 Å². The summed E-state index contributed by atoms with van der Waals surface area (Å²) in [5.41, 5.74) is 1.27. The molecular formula is C16H23BrClFN2. The van der Waals surface area contributed by atoms with Gasteiger partial charge < -0.3 is 5.32 Å². The molecule has 1 saturated carbocycles. The van der Waals surface area contributed by atoms with Crippen molar-refractivity contribution in [2.75, 3.05) is 26.2 Å². The first kappa shape index (κ1) is 17.2. The highest BCUT2D eigenvalue weighted by Crippen LogP contribution is 2.40. The molecule has 3 rings (SSSR count). The van der Waals surface area contributed by atoms with Crippen LogP contribution in [0.25, 0.3) is 0 Å². The van der Waals surface area contributed by atoms with Crippen LogP contribution < -0.4 is 5.32 Å². The highest BCUT2D eigenvalue weighted by molar-refractivity contribution is 9.10. The third-order valence-corrected chi connectivity index (χ3v) is 5.28. The molecule has 1 aliphatic heterocycles. The number of rotatable bonds is 3. The summed E-state index contributed by atoms with van der Waals surface area (Å²) in [6.07, 6.45) is 5.30. The van der Waals surface area contributed by atoms with Gasteiger partial charge >= 0.3 is 0 Å². The van der Waals surface area contributed by atoms with Gasteiger partial charge in [0.25, 0.3) is 0 Å². The number of piperazine rings is 1. The Morgan fingerprint density at radius 3 is 2.48 bits per heavy atom. The van der Waals surface area contributed by atoms with Crippen LogP contribution in [0.4, 0.5) is 4.39 Å². The van der Waals surface area contributed by atoms with Crippen LogP contribution in [0.15, 0.2) is 22.7 Å². The number of nitrogens with one attached hydrogen (secondary N) is 1. The van der Waals surface area contributed by atoms with Gasteiger partial charge in [0.15, 0.2) is 0 Å². The number of benzene rings is 1. The Bertz CT molecular complexity index is 460. The van der Waals surface area contributed by atoms with Gasteiger partial charge in [-0.15, -0.1) is 12.4 Å². The van der Waals surface area contributed by atoms with E-state index < -0.39 is 0 Å². The van der Waals surface area contributed by atoms with E-state index in [4.69, 9.17) is 0 Å². The number of hydrogen-bond donors (Lipinski definition) is 1. The normalized spacial score (nSPS) is 22.0. The highest BCUT2D eigenvalue weighted by Gasteiger charge is 2.32. The Labute approximate surface area is 141 Å². The molecule has 0 bridgehead atoms. The zero-order valence-electron chi connectivity index (χ0n) is 12.2. The Kier molecular flexibility index (Phi) is 6.48. The lowest BCUT2D eigenvalue weighted by Gasteiger charge is -2.38. The fraction of sp³-hybridized carbons (Fsp3) is 0.625. The van der Waals surface area contributed by atoms with Crippen LogP contribution in [0.5, 0.6) is 0 Å². The SMILES string of the molecule is Cl.Fc1ccc([C@H](C2CCCC2)N2CCNCC2)cc1Br. The summed E-state index contributed by atoms with van der Waals surface area (Å²) in [4.78, 5) is 2.59. The smallest absolute Gasteiger partial charge is 0.137 e. The van der Waals surface area contributed by atoms with Gasteiger partial charge in [-0.05, 0) is 52.4 Å². The third-order valence-electron chi connectivity index (χ3n) is 4.68. The molecule has 1 N–H and O–H groups in total. The minimum atomic E-state index is -0.167. The molecule has 2 fully saturated rings. The van der Waals surface area contributed by atoms with Crippen molar-refractivity contribution in [3.05, 3.63) is 34.1 Å². The Morgan fingerprint density at radius 2 is 1.86 bits per heavy atom. The molecule has 1 saturated heterocycles. The van der Waals surface area contributed by atoms with Crippen molar-refractivity contribution < 1.29 is 4.39 Å². The predicted octanol–water partition coefficient (Wildman–Crippen LogP) is 4.15. The molecule has 0 radical (unpaired) electrons. The molecule has 0 spiro atoms. The van der Waals surface area contributed by atoms with E-state index in [0.717, 1.165) is 32.1 Å². The zero-order chi connectivity index (χ0) is 13.9. The van der Waals surface area contributed by atoms with E-state index in [0.29, 0.717) is 10.5 Å². The second-order valence-electron chi connectivity index (χ2n) is 5.95. The lowest BCUT2D eigenvalue weighted by atomic mass is 9.90. The monoisotopic (exact) mass is 376 g/mol. The van der Waals surface area contributed by atoms with Crippen molar-refractivity contribution in [2.24, 2.45) is 5.92 Å². The van der Waals surface area contributed by atoms with E-state index >= 15 is 0 Å². The highest BCUT2D eigenvalue weighted by atomic mass is 79.9. The molecule has 1 aromatic carbocycles. The Morgan fingerprint density at radius 1 is 1.19 bits per heavy atom. The van der Waals surface area contributed by atoms with Crippen molar-refractivity contribution >= 4 is 28.3 Å². The maximum absolute atomic E-state index is 13.5. The average molecular weight is 378 g/mol. The molecule has 1 atom stereocenters. The summed E-state index contributed by atoms with van der Waals surface area (Å²) < 4.78 is 14.1. The summed E-state index contributed by atoms with van der Waals surface area (Å²) in [5, 5.41) is 3.42. The van der Waals surface area contributed by atoms with Crippen molar-refractivity contribution in [2.45, 2.75) is 31.7 Å². The lowest BCUT2D eigenvalue weighted by molar-refractivity contribution is 0.125. The van der Waals surface area contributed by atoms with Gasteiger partial charge in [0.2, 0.25) is 0 Å². The Balaban J connectivity index is 0.00000161. The van der Waals surface area contributed by atoms with Crippen LogP contribution in [-0.2, 0) is 0 Å². The topological polar surface area (TPSA) is 15.3 Å². The van der Waals surface area contributed by atoms with Crippen molar-refractivity contribution in [1.29, 1.82) is 0 Å². The van der Waals surface area contributed by atoms with Crippen LogP contribution in [0, 0.1) is 11.7 Å². The van der Waals surface area contributed by atoms with E-state index in [1.165, 1.54) is 31.2 Å². The molecule has 21 heavy (non-hydrogen) atoms. The molecule has 0 unspecified atom stereocenters. The van der Waals surface area contributed by atoms with E-state index in [1.807, 2.05) is 12.1 Å². The first-order chi connectivity index (χ1) is 9.75.